The summed E-state index contributed by atoms with van der Waals surface area (Å²) in [7, 11) is 0. The molecule has 0 saturated carbocycles. The number of carboxylic acid groups (broad SMARTS) is 1. The van der Waals surface area contributed by atoms with E-state index in [2.05, 4.69) is 4.98 Å². The van der Waals surface area contributed by atoms with Gasteiger partial charge in [0.25, 0.3) is 6.43 Å². The van der Waals surface area contributed by atoms with Crippen molar-refractivity contribution < 1.29 is 18.7 Å². The van der Waals surface area contributed by atoms with Gasteiger partial charge in [-0.2, -0.15) is 0 Å². The number of halogens is 4. The van der Waals surface area contributed by atoms with Crippen LogP contribution in [0.1, 0.15) is 17.8 Å². The lowest BCUT2D eigenvalue weighted by Crippen LogP contribution is -2.06. The fourth-order valence-electron chi connectivity index (χ4n) is 0.941. The Kier molecular flexibility index (Phi) is 4.21. The molecule has 3 nitrogen and oxygen atoms in total. The van der Waals surface area contributed by atoms with E-state index < -0.39 is 24.5 Å². The van der Waals surface area contributed by atoms with Crippen LogP contribution in [0.25, 0.3) is 0 Å². The molecule has 0 aliphatic rings. The first-order valence-corrected chi connectivity index (χ1v) is 5.22. The van der Waals surface area contributed by atoms with Crippen LogP contribution in [-0.4, -0.2) is 16.1 Å². The molecular weight excluding hydrogens is 342 g/mol. The molecule has 1 N–H and O–H groups in total. The molecule has 7 heteroatoms. The third-order valence-electron chi connectivity index (χ3n) is 1.55. The van der Waals surface area contributed by atoms with E-state index >= 15 is 0 Å². The Morgan fingerprint density at radius 3 is 2.73 bits per heavy atom. The predicted octanol–water partition coefficient (Wildman–Crippen LogP) is 2.90. The van der Waals surface area contributed by atoms with Crippen molar-refractivity contribution in [3.05, 3.63) is 26.0 Å². The van der Waals surface area contributed by atoms with E-state index in [-0.39, 0.29) is 14.3 Å². The fourth-order valence-corrected chi connectivity index (χ4v) is 2.01. The molecule has 0 bridgehead atoms. The second kappa shape index (κ2) is 5.02. The van der Waals surface area contributed by atoms with Crippen LogP contribution in [0, 0.1) is 3.57 Å². The molecule has 15 heavy (non-hydrogen) atoms. The Bertz CT molecular complexity index is 400. The van der Waals surface area contributed by atoms with Gasteiger partial charge < -0.3 is 5.11 Å². The summed E-state index contributed by atoms with van der Waals surface area (Å²) in [5.41, 5.74) is -0.476. The van der Waals surface area contributed by atoms with Crippen molar-refractivity contribution in [1.82, 2.24) is 4.98 Å². The van der Waals surface area contributed by atoms with Gasteiger partial charge in [0.05, 0.1) is 17.1 Å². The highest BCUT2D eigenvalue weighted by Crippen LogP contribution is 2.27. The van der Waals surface area contributed by atoms with Crippen LogP contribution >= 0.6 is 34.2 Å². The summed E-state index contributed by atoms with van der Waals surface area (Å²) in [5.74, 6) is -1.16. The first-order valence-electron chi connectivity index (χ1n) is 3.76. The summed E-state index contributed by atoms with van der Waals surface area (Å²) in [6.45, 7) is 0. The van der Waals surface area contributed by atoms with E-state index in [1.807, 2.05) is 0 Å². The quantitative estimate of drug-likeness (QED) is 0.856. The van der Waals surface area contributed by atoms with Crippen molar-refractivity contribution in [2.24, 2.45) is 0 Å². The number of rotatable bonds is 3. The maximum atomic E-state index is 12.4. The van der Waals surface area contributed by atoms with Crippen LogP contribution in [0.15, 0.2) is 6.07 Å². The highest BCUT2D eigenvalue weighted by Gasteiger charge is 2.17. The van der Waals surface area contributed by atoms with Gasteiger partial charge in [-0.3, -0.25) is 4.79 Å². The first kappa shape index (κ1) is 12.6. The average Bonchev–Trinajstić information content (AvgIpc) is 2.08. The number of alkyl halides is 2. The molecule has 0 aliphatic heterocycles. The standard InChI is InChI=1S/C8H5ClF2INO2/c9-3-1-4(12)7(8(10)11)13-5(3)2-6(14)15/h1,8H,2H2,(H,14,15). The smallest absolute Gasteiger partial charge is 0.309 e. The minimum Gasteiger partial charge on any atom is -0.481 e. The van der Waals surface area contributed by atoms with Gasteiger partial charge in [0, 0.05) is 3.57 Å². The topological polar surface area (TPSA) is 50.2 Å². The van der Waals surface area contributed by atoms with Gasteiger partial charge in [-0.05, 0) is 28.7 Å². The van der Waals surface area contributed by atoms with Crippen molar-refractivity contribution in [2.45, 2.75) is 12.8 Å². The average molecular weight is 347 g/mol. The van der Waals surface area contributed by atoms with E-state index in [4.69, 9.17) is 16.7 Å². The summed E-state index contributed by atoms with van der Waals surface area (Å²) in [4.78, 5) is 13.9. The second-order valence-electron chi connectivity index (χ2n) is 2.66. The molecule has 0 aliphatic carbocycles. The summed E-state index contributed by atoms with van der Waals surface area (Å²) in [6.07, 6.45) is -3.20. The maximum absolute atomic E-state index is 12.4. The van der Waals surface area contributed by atoms with Crippen LogP contribution in [0.2, 0.25) is 5.02 Å². The van der Waals surface area contributed by atoms with Crippen molar-refractivity contribution in [1.29, 1.82) is 0 Å². The third-order valence-corrected chi connectivity index (χ3v) is 2.75. The molecule has 0 atom stereocenters. The van der Waals surface area contributed by atoms with Crippen LogP contribution in [0.3, 0.4) is 0 Å². The van der Waals surface area contributed by atoms with Crippen LogP contribution in [0.5, 0.6) is 0 Å². The molecule has 0 unspecified atom stereocenters. The van der Waals surface area contributed by atoms with E-state index in [1.54, 1.807) is 22.6 Å². The third kappa shape index (κ3) is 3.23. The maximum Gasteiger partial charge on any atom is 0.309 e. The van der Waals surface area contributed by atoms with Crippen molar-refractivity contribution in [2.75, 3.05) is 0 Å². The highest BCUT2D eigenvalue weighted by molar-refractivity contribution is 14.1. The largest absolute Gasteiger partial charge is 0.481 e. The molecule has 1 heterocycles. The lowest BCUT2D eigenvalue weighted by molar-refractivity contribution is -0.136. The number of hydrogen-bond acceptors (Lipinski definition) is 2. The minimum absolute atomic E-state index is 0.0418. The number of aromatic nitrogens is 1. The molecule has 0 spiro atoms. The lowest BCUT2D eigenvalue weighted by Gasteiger charge is -2.06. The van der Waals surface area contributed by atoms with E-state index in [0.717, 1.165) is 0 Å². The summed E-state index contributed by atoms with van der Waals surface area (Å²) < 4.78 is 25.1. The number of nitrogens with zero attached hydrogens (tertiary/aromatic N) is 1. The van der Waals surface area contributed by atoms with Crippen LogP contribution < -0.4 is 0 Å². The Hall–Kier alpha value is -0.500. The molecule has 0 radical (unpaired) electrons. The number of aliphatic carboxylic acids is 1. The van der Waals surface area contributed by atoms with Gasteiger partial charge in [0.2, 0.25) is 0 Å². The normalized spacial score (nSPS) is 10.7. The molecule has 0 saturated heterocycles. The molecule has 0 fully saturated rings. The Morgan fingerprint density at radius 1 is 1.67 bits per heavy atom. The minimum atomic E-state index is -2.73. The van der Waals surface area contributed by atoms with Gasteiger partial charge in [0.1, 0.15) is 5.69 Å². The molecule has 1 aromatic rings. The SMILES string of the molecule is O=C(O)Cc1nc(C(F)F)c(I)cc1Cl. The highest BCUT2D eigenvalue weighted by atomic mass is 127. The van der Waals surface area contributed by atoms with Gasteiger partial charge in [0.15, 0.2) is 0 Å². The first-order chi connectivity index (χ1) is 6.91. The molecule has 0 aromatic carbocycles. The zero-order chi connectivity index (χ0) is 11.6. The Morgan fingerprint density at radius 2 is 2.27 bits per heavy atom. The van der Waals surface area contributed by atoms with Crippen molar-refractivity contribution in [3.8, 4) is 0 Å². The van der Waals surface area contributed by atoms with Crippen molar-refractivity contribution in [3.63, 3.8) is 0 Å². The van der Waals surface area contributed by atoms with E-state index in [1.165, 1.54) is 6.07 Å². The summed E-state index contributed by atoms with van der Waals surface area (Å²) >= 11 is 7.35. The predicted molar refractivity (Wildman–Crippen MR) is 58.3 cm³/mol. The number of hydrogen-bond donors (Lipinski definition) is 1. The molecule has 1 rings (SSSR count). The zero-order valence-corrected chi connectivity index (χ0v) is 10.1. The monoisotopic (exact) mass is 347 g/mol. The fraction of sp³-hybridized carbons (Fsp3) is 0.250. The molecular formula is C8H5ClF2INO2. The summed E-state index contributed by atoms with van der Waals surface area (Å²) in [6, 6.07) is 1.29. The van der Waals surface area contributed by atoms with Crippen LogP contribution in [-0.2, 0) is 11.2 Å². The molecule has 1 aromatic heterocycles. The number of pyridine rings is 1. The second-order valence-corrected chi connectivity index (χ2v) is 4.22. The van der Waals surface area contributed by atoms with Gasteiger partial charge >= 0.3 is 5.97 Å². The van der Waals surface area contributed by atoms with Crippen molar-refractivity contribution >= 4 is 40.2 Å². The zero-order valence-electron chi connectivity index (χ0n) is 7.18. The van der Waals surface area contributed by atoms with Gasteiger partial charge in [-0.15, -0.1) is 0 Å². The van der Waals surface area contributed by atoms with Gasteiger partial charge in [-0.1, -0.05) is 11.6 Å². The number of carboxylic acids is 1. The summed E-state index contributed by atoms with van der Waals surface area (Å²) in [5, 5.41) is 8.59. The molecule has 0 amide bonds. The van der Waals surface area contributed by atoms with Crippen LogP contribution in [0.4, 0.5) is 8.78 Å². The Balaban J connectivity index is 3.17. The van der Waals surface area contributed by atoms with Gasteiger partial charge in [-0.25, -0.2) is 13.8 Å². The number of carbonyl (C=O) groups is 1. The molecule has 82 valence electrons. The van der Waals surface area contributed by atoms with E-state index in [9.17, 15) is 13.6 Å². The van der Waals surface area contributed by atoms with E-state index in [0.29, 0.717) is 0 Å². The lowest BCUT2D eigenvalue weighted by atomic mass is 10.2. The Labute approximate surface area is 103 Å².